The van der Waals surface area contributed by atoms with Gasteiger partial charge >= 0.3 is 0 Å². The Labute approximate surface area is 106 Å². The molecule has 18 heavy (non-hydrogen) atoms. The average molecular weight is 241 g/mol. The number of amides is 1. The van der Waals surface area contributed by atoms with Crippen molar-refractivity contribution in [3.05, 3.63) is 60.3 Å². The molecule has 1 aromatic carbocycles. The summed E-state index contributed by atoms with van der Waals surface area (Å²) in [6, 6.07) is 14.8. The first-order valence-corrected chi connectivity index (χ1v) is 5.84. The van der Waals surface area contributed by atoms with Crippen molar-refractivity contribution in [1.29, 1.82) is 0 Å². The molecule has 0 unspecified atom stereocenters. The van der Waals surface area contributed by atoms with Crippen molar-refractivity contribution in [3.63, 3.8) is 0 Å². The molecule has 0 saturated carbocycles. The molecule has 0 fully saturated rings. The highest BCUT2D eigenvalue weighted by Gasteiger charge is 2.02. The predicted molar refractivity (Wildman–Crippen MR) is 71.5 cm³/mol. The number of hydrogen-bond donors (Lipinski definition) is 2. The molecular formula is C14H15N3O. The molecule has 1 aromatic heterocycles. The summed E-state index contributed by atoms with van der Waals surface area (Å²) < 4.78 is 0. The Kier molecular flexibility index (Phi) is 4.30. The number of rotatable bonds is 5. The summed E-state index contributed by atoms with van der Waals surface area (Å²) in [5.74, 6) is 0.755. The van der Waals surface area contributed by atoms with Crippen molar-refractivity contribution in [2.75, 3.05) is 18.4 Å². The fraction of sp³-hybridized carbons (Fsp3) is 0.143. The molecule has 2 rings (SSSR count). The minimum atomic E-state index is -0.0570. The van der Waals surface area contributed by atoms with Gasteiger partial charge in [-0.3, -0.25) is 4.79 Å². The van der Waals surface area contributed by atoms with Gasteiger partial charge in [-0.15, -0.1) is 0 Å². The Morgan fingerprint density at radius 1 is 1.00 bits per heavy atom. The van der Waals surface area contributed by atoms with E-state index in [1.807, 2.05) is 36.4 Å². The number of aromatic nitrogens is 1. The zero-order valence-electron chi connectivity index (χ0n) is 9.97. The second-order valence-electron chi connectivity index (χ2n) is 3.76. The first kappa shape index (κ1) is 12.1. The molecule has 0 spiro atoms. The third-order valence-electron chi connectivity index (χ3n) is 2.42. The van der Waals surface area contributed by atoms with Crippen LogP contribution in [0.3, 0.4) is 0 Å². The smallest absolute Gasteiger partial charge is 0.251 e. The van der Waals surface area contributed by atoms with Gasteiger partial charge in [0, 0.05) is 24.8 Å². The van der Waals surface area contributed by atoms with E-state index in [4.69, 9.17) is 0 Å². The fourth-order valence-corrected chi connectivity index (χ4v) is 1.53. The van der Waals surface area contributed by atoms with Gasteiger partial charge < -0.3 is 10.6 Å². The molecule has 0 aliphatic heterocycles. The van der Waals surface area contributed by atoms with Crippen molar-refractivity contribution in [2.24, 2.45) is 0 Å². The molecule has 0 bridgehead atoms. The van der Waals surface area contributed by atoms with Gasteiger partial charge in [-0.05, 0) is 24.3 Å². The molecule has 0 aliphatic rings. The van der Waals surface area contributed by atoms with Crippen LogP contribution in [-0.2, 0) is 0 Å². The predicted octanol–water partition coefficient (Wildman–Crippen LogP) is 1.92. The second kappa shape index (κ2) is 6.39. The minimum Gasteiger partial charge on any atom is -0.368 e. The van der Waals surface area contributed by atoms with Crippen molar-refractivity contribution in [3.8, 4) is 0 Å². The Hall–Kier alpha value is -2.36. The van der Waals surface area contributed by atoms with E-state index in [1.165, 1.54) is 0 Å². The maximum atomic E-state index is 11.7. The normalized spacial score (nSPS) is 9.78. The van der Waals surface area contributed by atoms with Gasteiger partial charge in [0.05, 0.1) is 0 Å². The van der Waals surface area contributed by atoms with Crippen LogP contribution in [0.4, 0.5) is 5.82 Å². The van der Waals surface area contributed by atoms with Crippen LogP contribution in [0.25, 0.3) is 0 Å². The van der Waals surface area contributed by atoms with Crippen molar-refractivity contribution in [1.82, 2.24) is 10.3 Å². The number of carbonyl (C=O) groups is 1. The van der Waals surface area contributed by atoms with Gasteiger partial charge in [0.15, 0.2) is 0 Å². The highest BCUT2D eigenvalue weighted by Crippen LogP contribution is 1.99. The maximum Gasteiger partial charge on any atom is 0.251 e. The van der Waals surface area contributed by atoms with E-state index >= 15 is 0 Å². The van der Waals surface area contributed by atoms with Crippen molar-refractivity contribution < 1.29 is 4.79 Å². The quantitative estimate of drug-likeness (QED) is 0.786. The van der Waals surface area contributed by atoms with Crippen LogP contribution >= 0.6 is 0 Å². The number of nitrogens with zero attached hydrogens (tertiary/aromatic N) is 1. The fourth-order valence-electron chi connectivity index (χ4n) is 1.53. The molecule has 0 aliphatic carbocycles. The lowest BCUT2D eigenvalue weighted by Gasteiger charge is -2.07. The SMILES string of the molecule is O=C(NCCNc1ccccn1)c1ccccc1. The molecule has 0 atom stereocenters. The summed E-state index contributed by atoms with van der Waals surface area (Å²) in [4.78, 5) is 15.8. The molecule has 0 saturated heterocycles. The van der Waals surface area contributed by atoms with Crippen LogP contribution in [0.5, 0.6) is 0 Å². The summed E-state index contributed by atoms with van der Waals surface area (Å²) in [6.07, 6.45) is 1.73. The van der Waals surface area contributed by atoms with E-state index in [0.29, 0.717) is 18.7 Å². The lowest BCUT2D eigenvalue weighted by atomic mass is 10.2. The first-order valence-electron chi connectivity index (χ1n) is 5.84. The first-order chi connectivity index (χ1) is 8.86. The standard InChI is InChI=1S/C14H15N3O/c18-14(12-6-2-1-3-7-12)17-11-10-16-13-8-4-5-9-15-13/h1-9H,10-11H2,(H,15,16)(H,17,18). The minimum absolute atomic E-state index is 0.0570. The van der Waals surface area contributed by atoms with Crippen LogP contribution in [0.1, 0.15) is 10.4 Å². The molecule has 2 N–H and O–H groups in total. The average Bonchev–Trinajstić information content (AvgIpc) is 2.45. The topological polar surface area (TPSA) is 54.0 Å². The van der Waals surface area contributed by atoms with E-state index in [-0.39, 0.29) is 5.91 Å². The Morgan fingerprint density at radius 3 is 2.50 bits per heavy atom. The van der Waals surface area contributed by atoms with E-state index in [2.05, 4.69) is 15.6 Å². The molecule has 1 amide bonds. The van der Waals surface area contributed by atoms with Crippen LogP contribution in [0, 0.1) is 0 Å². The summed E-state index contributed by atoms with van der Waals surface area (Å²) in [7, 11) is 0. The molecule has 2 aromatic rings. The lowest BCUT2D eigenvalue weighted by Crippen LogP contribution is -2.28. The van der Waals surface area contributed by atoms with E-state index < -0.39 is 0 Å². The van der Waals surface area contributed by atoms with Crippen molar-refractivity contribution in [2.45, 2.75) is 0 Å². The molecule has 0 radical (unpaired) electrons. The molecule has 1 heterocycles. The maximum absolute atomic E-state index is 11.7. The molecule has 92 valence electrons. The Balaban J connectivity index is 1.72. The Morgan fingerprint density at radius 2 is 1.78 bits per heavy atom. The van der Waals surface area contributed by atoms with Crippen LogP contribution < -0.4 is 10.6 Å². The summed E-state index contributed by atoms with van der Waals surface area (Å²) >= 11 is 0. The number of hydrogen-bond acceptors (Lipinski definition) is 3. The number of anilines is 1. The summed E-state index contributed by atoms with van der Waals surface area (Å²) in [5.41, 5.74) is 0.676. The molecule has 4 heteroatoms. The lowest BCUT2D eigenvalue weighted by molar-refractivity contribution is 0.0955. The van der Waals surface area contributed by atoms with E-state index in [9.17, 15) is 4.79 Å². The van der Waals surface area contributed by atoms with Crippen LogP contribution in [0.2, 0.25) is 0 Å². The second-order valence-corrected chi connectivity index (χ2v) is 3.76. The van der Waals surface area contributed by atoms with Gasteiger partial charge in [-0.1, -0.05) is 24.3 Å². The monoisotopic (exact) mass is 241 g/mol. The number of pyridine rings is 1. The van der Waals surface area contributed by atoms with E-state index in [1.54, 1.807) is 18.3 Å². The number of carbonyl (C=O) groups excluding carboxylic acids is 1. The van der Waals surface area contributed by atoms with Gasteiger partial charge in [-0.25, -0.2) is 4.98 Å². The highest BCUT2D eigenvalue weighted by molar-refractivity contribution is 5.94. The zero-order valence-corrected chi connectivity index (χ0v) is 9.97. The summed E-state index contributed by atoms with van der Waals surface area (Å²) in [5, 5.41) is 5.97. The molecule has 4 nitrogen and oxygen atoms in total. The number of nitrogens with one attached hydrogen (secondary N) is 2. The zero-order chi connectivity index (χ0) is 12.6. The van der Waals surface area contributed by atoms with Crippen LogP contribution in [0.15, 0.2) is 54.7 Å². The van der Waals surface area contributed by atoms with Gasteiger partial charge in [0.25, 0.3) is 5.91 Å². The third-order valence-corrected chi connectivity index (χ3v) is 2.42. The van der Waals surface area contributed by atoms with Crippen LogP contribution in [-0.4, -0.2) is 24.0 Å². The summed E-state index contributed by atoms with van der Waals surface area (Å²) in [6.45, 7) is 1.21. The van der Waals surface area contributed by atoms with Gasteiger partial charge in [0.2, 0.25) is 0 Å². The molecular weight excluding hydrogens is 226 g/mol. The number of benzene rings is 1. The van der Waals surface area contributed by atoms with E-state index in [0.717, 1.165) is 5.82 Å². The third kappa shape index (κ3) is 3.59. The van der Waals surface area contributed by atoms with Crippen molar-refractivity contribution >= 4 is 11.7 Å². The van der Waals surface area contributed by atoms with Gasteiger partial charge in [0.1, 0.15) is 5.82 Å². The van der Waals surface area contributed by atoms with Gasteiger partial charge in [-0.2, -0.15) is 0 Å². The largest absolute Gasteiger partial charge is 0.368 e. The Bertz CT molecular complexity index is 485. The highest BCUT2D eigenvalue weighted by atomic mass is 16.1.